The van der Waals surface area contributed by atoms with Crippen molar-refractivity contribution < 1.29 is 19.7 Å². The Morgan fingerprint density at radius 3 is 2.44 bits per heavy atom. The largest absolute Gasteiger partial charge is 0.508 e. The molecule has 3 aromatic rings. The minimum Gasteiger partial charge on any atom is -0.508 e. The van der Waals surface area contributed by atoms with Gasteiger partial charge in [-0.2, -0.15) is 0 Å². The minimum absolute atomic E-state index is 0.0839. The molecule has 190 valence electrons. The highest BCUT2D eigenvalue weighted by Crippen LogP contribution is 2.31. The van der Waals surface area contributed by atoms with E-state index in [1.54, 1.807) is 48.5 Å². The predicted octanol–water partition coefficient (Wildman–Crippen LogP) is 6.67. The first-order valence-corrected chi connectivity index (χ1v) is 13.2. The number of ketones is 1. The third-order valence-corrected chi connectivity index (χ3v) is 6.96. The number of carbonyl (C=O) groups excluding carboxylic acids is 1. The molecule has 1 aliphatic rings. The number of nitrogens with zero attached hydrogens (tertiary/aromatic N) is 1. The normalized spacial score (nSPS) is 16.1. The van der Waals surface area contributed by atoms with Gasteiger partial charge in [0.2, 0.25) is 0 Å². The number of rotatable bonds is 11. The Labute approximate surface area is 214 Å². The number of benzene rings is 3. The lowest BCUT2D eigenvalue weighted by Crippen LogP contribution is -2.38. The summed E-state index contributed by atoms with van der Waals surface area (Å²) in [6.45, 7) is 6.43. The van der Waals surface area contributed by atoms with E-state index in [0.717, 1.165) is 17.9 Å². The van der Waals surface area contributed by atoms with Crippen LogP contribution in [0, 0.1) is 5.92 Å². The molecular formula is C31H37NO4. The van der Waals surface area contributed by atoms with Crippen LogP contribution in [-0.2, 0) is 0 Å². The topological polar surface area (TPSA) is 70.0 Å². The molecule has 36 heavy (non-hydrogen) atoms. The number of phenols is 2. The van der Waals surface area contributed by atoms with Gasteiger partial charge in [0.1, 0.15) is 17.2 Å². The summed E-state index contributed by atoms with van der Waals surface area (Å²) >= 11 is 0. The van der Waals surface area contributed by atoms with Crippen molar-refractivity contribution in [3.05, 3.63) is 77.9 Å². The number of hydrogen-bond donors (Lipinski definition) is 2. The van der Waals surface area contributed by atoms with E-state index in [1.165, 1.54) is 57.7 Å². The highest BCUT2D eigenvalue weighted by molar-refractivity contribution is 6.13. The number of piperidine rings is 1. The number of phenolic OH excluding ortho intramolecular Hbond substituents is 2. The summed E-state index contributed by atoms with van der Waals surface area (Å²) in [5.41, 5.74) is 2.42. The summed E-state index contributed by atoms with van der Waals surface area (Å²) in [7, 11) is 0. The first kappa shape index (κ1) is 25.8. The van der Waals surface area contributed by atoms with Crippen LogP contribution in [0.2, 0.25) is 0 Å². The summed E-state index contributed by atoms with van der Waals surface area (Å²) < 4.78 is 6.10. The third kappa shape index (κ3) is 6.88. The molecule has 3 aromatic carbocycles. The fourth-order valence-electron chi connectivity index (χ4n) is 4.93. The zero-order valence-electron chi connectivity index (χ0n) is 21.2. The summed E-state index contributed by atoms with van der Waals surface area (Å²) in [6.07, 6.45) is 7.62. The van der Waals surface area contributed by atoms with Crippen molar-refractivity contribution in [3.63, 3.8) is 0 Å². The quantitative estimate of drug-likeness (QED) is 0.234. The van der Waals surface area contributed by atoms with Crippen LogP contribution in [-0.4, -0.2) is 47.1 Å². The zero-order valence-corrected chi connectivity index (χ0v) is 21.2. The first-order valence-electron chi connectivity index (χ1n) is 13.2. The second-order valence-electron chi connectivity index (χ2n) is 9.81. The minimum atomic E-state index is -0.129. The van der Waals surface area contributed by atoms with E-state index < -0.39 is 0 Å². The molecule has 5 nitrogen and oxygen atoms in total. The van der Waals surface area contributed by atoms with Crippen LogP contribution in [0.4, 0.5) is 0 Å². The van der Waals surface area contributed by atoms with E-state index in [2.05, 4.69) is 11.8 Å². The second-order valence-corrected chi connectivity index (χ2v) is 9.81. The molecule has 5 heteroatoms. The van der Waals surface area contributed by atoms with Gasteiger partial charge in [-0.15, -0.1) is 0 Å². The van der Waals surface area contributed by atoms with Crippen LogP contribution in [0.5, 0.6) is 17.2 Å². The maximum Gasteiger partial charge on any atom is 0.193 e. The van der Waals surface area contributed by atoms with Gasteiger partial charge in [-0.3, -0.25) is 4.79 Å². The number of carbonyl (C=O) groups is 1. The zero-order chi connectivity index (χ0) is 25.3. The van der Waals surface area contributed by atoms with E-state index in [1.807, 2.05) is 12.1 Å². The molecule has 0 aromatic heterocycles. The molecule has 1 aliphatic heterocycles. The maximum absolute atomic E-state index is 13.3. The molecule has 1 atom stereocenters. The van der Waals surface area contributed by atoms with Gasteiger partial charge >= 0.3 is 0 Å². The molecule has 0 amide bonds. The van der Waals surface area contributed by atoms with Gasteiger partial charge in [0.15, 0.2) is 5.78 Å². The van der Waals surface area contributed by atoms with E-state index in [0.29, 0.717) is 29.2 Å². The molecule has 1 heterocycles. The van der Waals surface area contributed by atoms with Crippen molar-refractivity contribution in [2.24, 2.45) is 5.92 Å². The number of hydrogen-bond acceptors (Lipinski definition) is 5. The van der Waals surface area contributed by atoms with Gasteiger partial charge in [0, 0.05) is 23.6 Å². The van der Waals surface area contributed by atoms with Gasteiger partial charge in [-0.05, 0) is 98.1 Å². The molecule has 0 saturated carbocycles. The summed E-state index contributed by atoms with van der Waals surface area (Å²) in [5, 5.41) is 19.6. The van der Waals surface area contributed by atoms with E-state index in [9.17, 15) is 15.0 Å². The van der Waals surface area contributed by atoms with Crippen molar-refractivity contribution in [2.45, 2.75) is 45.4 Å². The van der Waals surface area contributed by atoms with E-state index >= 15 is 0 Å². The molecule has 0 spiro atoms. The van der Waals surface area contributed by atoms with Crippen LogP contribution < -0.4 is 4.74 Å². The number of aromatic hydroxyl groups is 2. The Bertz CT molecular complexity index is 1120. The Morgan fingerprint density at radius 2 is 1.69 bits per heavy atom. The predicted molar refractivity (Wildman–Crippen MR) is 144 cm³/mol. The van der Waals surface area contributed by atoms with Crippen LogP contribution in [0.15, 0.2) is 66.7 Å². The SMILES string of the molecule is CCCCCCN1CCCC(COc2ccc(C(=O)c3ccc(O)cc3-c3ccc(O)cc3)cc2)C1. The third-order valence-electron chi connectivity index (χ3n) is 6.96. The number of likely N-dealkylation sites (tertiary alicyclic amines) is 1. The standard InChI is InChI=1S/C31H37NO4/c1-2-3-4-5-18-32-19-6-7-23(21-32)22-36-28-15-10-25(11-16-28)31(35)29-17-14-27(34)20-30(29)24-8-12-26(33)13-9-24/h8-17,20,23,33-34H,2-7,18-19,21-22H2,1H3. The maximum atomic E-state index is 13.3. The molecule has 0 radical (unpaired) electrons. The fourth-order valence-corrected chi connectivity index (χ4v) is 4.93. The van der Waals surface area contributed by atoms with E-state index in [4.69, 9.17) is 4.74 Å². The van der Waals surface area contributed by atoms with Gasteiger partial charge in [0.25, 0.3) is 0 Å². The van der Waals surface area contributed by atoms with Gasteiger partial charge < -0.3 is 19.8 Å². The van der Waals surface area contributed by atoms with Gasteiger partial charge in [-0.1, -0.05) is 38.3 Å². The van der Waals surface area contributed by atoms with Crippen molar-refractivity contribution in [3.8, 4) is 28.4 Å². The molecule has 4 rings (SSSR count). The van der Waals surface area contributed by atoms with Crippen molar-refractivity contribution in [1.29, 1.82) is 0 Å². The monoisotopic (exact) mass is 487 g/mol. The van der Waals surface area contributed by atoms with E-state index in [-0.39, 0.29) is 17.3 Å². The summed E-state index contributed by atoms with van der Waals surface area (Å²) in [4.78, 5) is 15.9. The highest BCUT2D eigenvalue weighted by Gasteiger charge is 2.20. The smallest absolute Gasteiger partial charge is 0.193 e. The lowest BCUT2D eigenvalue weighted by molar-refractivity contribution is 0.103. The van der Waals surface area contributed by atoms with Crippen LogP contribution in [0.1, 0.15) is 61.4 Å². The van der Waals surface area contributed by atoms with Gasteiger partial charge in [0.05, 0.1) is 6.61 Å². The molecule has 1 saturated heterocycles. The highest BCUT2D eigenvalue weighted by atomic mass is 16.5. The van der Waals surface area contributed by atoms with Crippen molar-refractivity contribution >= 4 is 5.78 Å². The molecule has 2 N–H and O–H groups in total. The number of unbranched alkanes of at least 4 members (excludes halogenated alkanes) is 3. The molecule has 0 aliphatic carbocycles. The Balaban J connectivity index is 1.37. The number of ether oxygens (including phenoxy) is 1. The molecular weight excluding hydrogens is 450 g/mol. The van der Waals surface area contributed by atoms with Crippen LogP contribution in [0.3, 0.4) is 0 Å². The fraction of sp³-hybridized carbons (Fsp3) is 0.387. The van der Waals surface area contributed by atoms with Crippen LogP contribution in [0.25, 0.3) is 11.1 Å². The Morgan fingerprint density at radius 1 is 0.944 bits per heavy atom. The van der Waals surface area contributed by atoms with Crippen molar-refractivity contribution in [2.75, 3.05) is 26.2 Å². The molecule has 1 unspecified atom stereocenters. The van der Waals surface area contributed by atoms with Crippen LogP contribution >= 0.6 is 0 Å². The Kier molecular flexibility index (Phi) is 9.01. The average Bonchev–Trinajstić information content (AvgIpc) is 2.90. The second kappa shape index (κ2) is 12.6. The Hall–Kier alpha value is -3.31. The molecule has 1 fully saturated rings. The first-order chi connectivity index (χ1) is 17.5. The lowest BCUT2D eigenvalue weighted by Gasteiger charge is -2.32. The average molecular weight is 488 g/mol. The lowest BCUT2D eigenvalue weighted by atomic mass is 9.93. The summed E-state index contributed by atoms with van der Waals surface area (Å²) in [6, 6.07) is 18.7. The molecule has 0 bridgehead atoms. The van der Waals surface area contributed by atoms with Crippen molar-refractivity contribution in [1.82, 2.24) is 4.90 Å². The summed E-state index contributed by atoms with van der Waals surface area (Å²) in [5.74, 6) is 1.42. The van der Waals surface area contributed by atoms with Gasteiger partial charge in [-0.25, -0.2) is 0 Å².